The van der Waals surface area contributed by atoms with Crippen LogP contribution in [0.15, 0.2) is 18.2 Å². The Labute approximate surface area is 131 Å². The van der Waals surface area contributed by atoms with E-state index in [1.165, 1.54) is 12.8 Å². The molecule has 0 aliphatic heterocycles. The van der Waals surface area contributed by atoms with Crippen LogP contribution in [0, 0.1) is 5.41 Å². The lowest BCUT2D eigenvalue weighted by Crippen LogP contribution is -2.35. The fourth-order valence-electron chi connectivity index (χ4n) is 2.52. The Morgan fingerprint density at radius 3 is 2.73 bits per heavy atom. The van der Waals surface area contributed by atoms with Crippen molar-refractivity contribution in [3.05, 3.63) is 24.0 Å². The number of rotatable bonds is 3. The van der Waals surface area contributed by atoms with E-state index in [1.54, 1.807) is 0 Å². The van der Waals surface area contributed by atoms with Crippen LogP contribution in [0.1, 0.15) is 45.4 Å². The van der Waals surface area contributed by atoms with Crippen LogP contribution in [0.2, 0.25) is 0 Å². The van der Waals surface area contributed by atoms with Crippen LogP contribution in [0.4, 0.5) is 10.5 Å². The molecule has 0 spiro atoms. The number of amides is 2. The van der Waals surface area contributed by atoms with Gasteiger partial charge in [-0.25, -0.2) is 9.78 Å². The maximum Gasteiger partial charge on any atom is 0.319 e. The molecule has 0 atom stereocenters. The molecule has 0 radical (unpaired) electrons. The number of carbonyl (C=O) groups excluding carboxylic acids is 1. The molecule has 2 N–H and O–H groups in total. The minimum absolute atomic E-state index is 0.0709. The lowest BCUT2D eigenvalue weighted by Gasteiger charge is -2.18. The van der Waals surface area contributed by atoms with Crippen molar-refractivity contribution in [3.63, 3.8) is 0 Å². The number of benzene rings is 1. The van der Waals surface area contributed by atoms with Crippen molar-refractivity contribution in [2.24, 2.45) is 12.5 Å². The number of aromatic nitrogens is 2. The molecule has 1 aromatic carbocycles. The van der Waals surface area contributed by atoms with Gasteiger partial charge in [0.15, 0.2) is 0 Å². The lowest BCUT2D eigenvalue weighted by molar-refractivity contribution is 0.247. The Balaban J connectivity index is 1.73. The summed E-state index contributed by atoms with van der Waals surface area (Å²) in [6, 6.07) is 5.72. The maximum atomic E-state index is 11.9. The third-order valence-electron chi connectivity index (χ3n) is 3.90. The maximum absolute atomic E-state index is 11.9. The highest BCUT2D eigenvalue weighted by Crippen LogP contribution is 2.40. The monoisotopic (exact) mass is 300 g/mol. The molecule has 1 aromatic heterocycles. The summed E-state index contributed by atoms with van der Waals surface area (Å²) >= 11 is 0. The first kappa shape index (κ1) is 14.9. The number of nitrogens with one attached hydrogen (secondary N) is 2. The Morgan fingerprint density at radius 1 is 1.36 bits per heavy atom. The molecule has 5 heteroatoms. The number of nitrogens with zero attached hydrogens (tertiary/aromatic N) is 2. The zero-order valence-electron chi connectivity index (χ0n) is 13.7. The second-order valence-corrected chi connectivity index (χ2v) is 7.38. The third-order valence-corrected chi connectivity index (χ3v) is 3.90. The van der Waals surface area contributed by atoms with Crippen molar-refractivity contribution >= 4 is 22.8 Å². The zero-order chi connectivity index (χ0) is 15.9. The highest BCUT2D eigenvalue weighted by atomic mass is 16.2. The van der Waals surface area contributed by atoms with Crippen LogP contribution in [0.5, 0.6) is 0 Å². The molecule has 2 aromatic rings. The van der Waals surface area contributed by atoms with Crippen molar-refractivity contribution in [3.8, 4) is 0 Å². The van der Waals surface area contributed by atoms with Crippen LogP contribution < -0.4 is 10.6 Å². The predicted molar refractivity (Wildman–Crippen MR) is 89.2 cm³/mol. The molecule has 1 aliphatic carbocycles. The molecule has 0 bridgehead atoms. The topological polar surface area (TPSA) is 59.0 Å². The number of hydrogen-bond donors (Lipinski definition) is 2. The first-order valence-corrected chi connectivity index (χ1v) is 7.85. The van der Waals surface area contributed by atoms with Gasteiger partial charge in [0, 0.05) is 25.2 Å². The molecule has 22 heavy (non-hydrogen) atoms. The highest BCUT2D eigenvalue weighted by Gasteiger charge is 2.28. The third kappa shape index (κ3) is 3.24. The molecule has 0 saturated heterocycles. The number of hydrogen-bond acceptors (Lipinski definition) is 2. The van der Waals surface area contributed by atoms with Crippen molar-refractivity contribution in [1.82, 2.24) is 14.9 Å². The number of fused-ring (bicyclic) bond motifs is 1. The summed E-state index contributed by atoms with van der Waals surface area (Å²) in [5, 5.41) is 5.77. The molecule has 1 saturated carbocycles. The molecule has 1 fully saturated rings. The number of aryl methyl sites for hydroxylation is 1. The minimum Gasteiger partial charge on any atom is -0.337 e. The first-order chi connectivity index (χ1) is 10.3. The van der Waals surface area contributed by atoms with Gasteiger partial charge in [-0.1, -0.05) is 20.8 Å². The average molecular weight is 300 g/mol. The van der Waals surface area contributed by atoms with Crippen molar-refractivity contribution in [2.45, 2.75) is 39.5 Å². The lowest BCUT2D eigenvalue weighted by atomic mass is 9.97. The van der Waals surface area contributed by atoms with E-state index < -0.39 is 0 Å². The van der Waals surface area contributed by atoms with Gasteiger partial charge in [-0.2, -0.15) is 0 Å². The molecule has 1 heterocycles. The van der Waals surface area contributed by atoms with Gasteiger partial charge in [0.25, 0.3) is 0 Å². The van der Waals surface area contributed by atoms with Crippen LogP contribution in [0.25, 0.3) is 11.0 Å². The van der Waals surface area contributed by atoms with Gasteiger partial charge in [0.05, 0.1) is 11.0 Å². The normalized spacial score (nSPS) is 15.1. The van der Waals surface area contributed by atoms with Crippen molar-refractivity contribution < 1.29 is 4.79 Å². The fourth-order valence-corrected chi connectivity index (χ4v) is 2.52. The molecule has 2 amide bonds. The number of anilines is 1. The van der Waals surface area contributed by atoms with Crippen LogP contribution in [-0.2, 0) is 7.05 Å². The summed E-state index contributed by atoms with van der Waals surface area (Å²) in [5.74, 6) is 1.77. The fraction of sp³-hybridized carbons (Fsp3) is 0.529. The molecular weight excluding hydrogens is 276 g/mol. The van der Waals surface area contributed by atoms with E-state index in [1.807, 2.05) is 18.2 Å². The van der Waals surface area contributed by atoms with Crippen LogP contribution in [0.3, 0.4) is 0 Å². The van der Waals surface area contributed by atoms with Gasteiger partial charge in [0.2, 0.25) is 0 Å². The van der Waals surface area contributed by atoms with Gasteiger partial charge in [0.1, 0.15) is 5.82 Å². The second kappa shape index (κ2) is 5.30. The molecule has 5 nitrogen and oxygen atoms in total. The smallest absolute Gasteiger partial charge is 0.319 e. The van der Waals surface area contributed by atoms with Crippen molar-refractivity contribution in [2.75, 3.05) is 11.9 Å². The Hall–Kier alpha value is -2.04. The Bertz CT molecular complexity index is 707. The molecule has 1 aliphatic rings. The van der Waals surface area contributed by atoms with Gasteiger partial charge >= 0.3 is 6.03 Å². The number of imidazole rings is 1. The van der Waals surface area contributed by atoms with Gasteiger partial charge in [-0.3, -0.25) is 0 Å². The zero-order valence-corrected chi connectivity index (χ0v) is 13.7. The predicted octanol–water partition coefficient (Wildman–Crippen LogP) is 3.62. The van der Waals surface area contributed by atoms with Gasteiger partial charge < -0.3 is 15.2 Å². The van der Waals surface area contributed by atoms with Crippen LogP contribution >= 0.6 is 0 Å². The first-order valence-electron chi connectivity index (χ1n) is 7.85. The number of urea groups is 1. The molecule has 3 rings (SSSR count). The van der Waals surface area contributed by atoms with E-state index in [-0.39, 0.29) is 11.4 Å². The Morgan fingerprint density at radius 2 is 2.09 bits per heavy atom. The summed E-state index contributed by atoms with van der Waals surface area (Å²) < 4.78 is 2.16. The standard InChI is InChI=1S/C17H24N4O/c1-17(2,3)10-18-16(22)19-12-7-8-14-13(9-12)20-15(21(14)4)11-5-6-11/h7-9,11H,5-6,10H2,1-4H3,(H2,18,19,22). The average Bonchev–Trinajstić information content (AvgIpc) is 3.21. The van der Waals surface area contributed by atoms with Gasteiger partial charge in [-0.15, -0.1) is 0 Å². The summed E-state index contributed by atoms with van der Waals surface area (Å²) in [5.41, 5.74) is 2.90. The Kier molecular flexibility index (Phi) is 3.59. The largest absolute Gasteiger partial charge is 0.337 e. The summed E-state index contributed by atoms with van der Waals surface area (Å²) in [6.07, 6.45) is 2.47. The van der Waals surface area contributed by atoms with Crippen molar-refractivity contribution in [1.29, 1.82) is 0 Å². The van der Waals surface area contributed by atoms with Crippen LogP contribution in [-0.4, -0.2) is 22.1 Å². The van der Waals surface area contributed by atoms with E-state index in [9.17, 15) is 4.79 Å². The summed E-state index contributed by atoms with van der Waals surface area (Å²) in [4.78, 5) is 16.7. The summed E-state index contributed by atoms with van der Waals surface area (Å²) in [7, 11) is 2.06. The summed E-state index contributed by atoms with van der Waals surface area (Å²) in [6.45, 7) is 6.91. The molecular formula is C17H24N4O. The second-order valence-electron chi connectivity index (χ2n) is 7.38. The SMILES string of the molecule is Cn1c(C2CC2)nc2cc(NC(=O)NCC(C)(C)C)ccc21. The van der Waals surface area contributed by atoms with Gasteiger partial charge in [-0.05, 0) is 36.5 Å². The van der Waals surface area contributed by atoms with E-state index in [4.69, 9.17) is 4.98 Å². The minimum atomic E-state index is -0.173. The van der Waals surface area contributed by atoms with E-state index in [2.05, 4.69) is 43.0 Å². The number of carbonyl (C=O) groups is 1. The molecule has 0 unspecified atom stereocenters. The highest BCUT2D eigenvalue weighted by molar-refractivity contribution is 5.92. The van der Waals surface area contributed by atoms with E-state index >= 15 is 0 Å². The molecule has 118 valence electrons. The van der Waals surface area contributed by atoms with E-state index in [0.717, 1.165) is 22.5 Å². The quantitative estimate of drug-likeness (QED) is 0.909. The van der Waals surface area contributed by atoms with E-state index in [0.29, 0.717) is 12.5 Å².